The van der Waals surface area contributed by atoms with Crippen molar-refractivity contribution in [2.75, 3.05) is 31.1 Å². The van der Waals surface area contributed by atoms with Crippen LogP contribution in [0.1, 0.15) is 26.7 Å². The van der Waals surface area contributed by atoms with Gasteiger partial charge < -0.3 is 9.88 Å². The maximum absolute atomic E-state index is 12.6. The number of hydrogen-bond donors (Lipinski definition) is 1. The zero-order chi connectivity index (χ0) is 21.6. The molecule has 0 amide bonds. The van der Waals surface area contributed by atoms with E-state index in [9.17, 15) is 8.42 Å². The van der Waals surface area contributed by atoms with Gasteiger partial charge in [-0.3, -0.25) is 0 Å². The Morgan fingerprint density at radius 1 is 0.968 bits per heavy atom. The number of benzene rings is 2. The summed E-state index contributed by atoms with van der Waals surface area (Å²) in [6.45, 7) is 6.69. The molecule has 164 valence electrons. The fourth-order valence-corrected chi connectivity index (χ4v) is 6.32. The number of H-pyrrole nitrogens is 1. The topological polar surface area (TPSA) is 69.3 Å². The number of imidazole rings is 1. The molecule has 0 unspecified atom stereocenters. The van der Waals surface area contributed by atoms with Crippen LogP contribution in [0, 0.1) is 11.8 Å². The SMILES string of the molecule is CC(C)S(=O)(=O)N1CC[C@@H]2CN(c3nc4ccc(-c5ccccc5)cc4[nH]3)C[C@@H]2CC1. The number of sulfonamides is 1. The van der Waals surface area contributed by atoms with Gasteiger partial charge in [0.1, 0.15) is 0 Å². The zero-order valence-electron chi connectivity index (χ0n) is 18.2. The van der Waals surface area contributed by atoms with E-state index in [4.69, 9.17) is 4.98 Å². The highest BCUT2D eigenvalue weighted by molar-refractivity contribution is 7.89. The van der Waals surface area contributed by atoms with Crippen LogP contribution in [-0.2, 0) is 10.0 Å². The summed E-state index contributed by atoms with van der Waals surface area (Å²) in [5.74, 6) is 1.96. The quantitative estimate of drug-likeness (QED) is 0.665. The van der Waals surface area contributed by atoms with Gasteiger partial charge in [0.05, 0.1) is 16.3 Å². The summed E-state index contributed by atoms with van der Waals surface area (Å²) >= 11 is 0. The molecule has 31 heavy (non-hydrogen) atoms. The van der Waals surface area contributed by atoms with Gasteiger partial charge >= 0.3 is 0 Å². The molecule has 1 aromatic heterocycles. The van der Waals surface area contributed by atoms with Crippen LogP contribution in [-0.4, -0.2) is 54.1 Å². The van der Waals surface area contributed by atoms with E-state index in [1.807, 2.05) is 6.07 Å². The van der Waals surface area contributed by atoms with Gasteiger partial charge in [-0.2, -0.15) is 0 Å². The molecular weight excluding hydrogens is 408 g/mol. The maximum atomic E-state index is 12.6. The number of fused-ring (bicyclic) bond motifs is 2. The highest BCUT2D eigenvalue weighted by Gasteiger charge is 2.38. The monoisotopic (exact) mass is 438 g/mol. The summed E-state index contributed by atoms with van der Waals surface area (Å²) < 4.78 is 26.9. The van der Waals surface area contributed by atoms with Crippen LogP contribution in [0.3, 0.4) is 0 Å². The lowest BCUT2D eigenvalue weighted by Crippen LogP contribution is -2.37. The fraction of sp³-hybridized carbons (Fsp3) is 0.458. The van der Waals surface area contributed by atoms with Gasteiger partial charge in [0.15, 0.2) is 0 Å². The Bertz CT molecular complexity index is 1160. The first kappa shape index (κ1) is 20.5. The molecule has 2 atom stereocenters. The Hall–Kier alpha value is -2.38. The molecule has 5 rings (SSSR count). The van der Waals surface area contributed by atoms with Crippen LogP contribution < -0.4 is 4.90 Å². The van der Waals surface area contributed by atoms with Crippen LogP contribution >= 0.6 is 0 Å². The van der Waals surface area contributed by atoms with Crippen molar-refractivity contribution >= 4 is 27.0 Å². The predicted molar refractivity (Wildman–Crippen MR) is 126 cm³/mol. The Morgan fingerprint density at radius 3 is 2.29 bits per heavy atom. The Kier molecular flexibility index (Phi) is 5.26. The summed E-state index contributed by atoms with van der Waals surface area (Å²) in [6, 6.07) is 16.8. The first-order valence-electron chi connectivity index (χ1n) is 11.2. The highest BCUT2D eigenvalue weighted by atomic mass is 32.2. The Balaban J connectivity index is 1.32. The number of anilines is 1. The van der Waals surface area contributed by atoms with Crippen molar-refractivity contribution in [2.24, 2.45) is 11.8 Å². The van der Waals surface area contributed by atoms with Crippen molar-refractivity contribution in [3.63, 3.8) is 0 Å². The summed E-state index contributed by atoms with van der Waals surface area (Å²) in [5.41, 5.74) is 4.42. The number of aromatic amines is 1. The van der Waals surface area contributed by atoms with Crippen molar-refractivity contribution in [2.45, 2.75) is 31.9 Å². The van der Waals surface area contributed by atoms with Crippen LogP contribution in [0.25, 0.3) is 22.2 Å². The molecule has 0 radical (unpaired) electrons. The number of nitrogens with zero attached hydrogens (tertiary/aromatic N) is 3. The molecule has 2 aliphatic rings. The number of rotatable bonds is 4. The minimum atomic E-state index is -3.16. The third kappa shape index (κ3) is 3.85. The average molecular weight is 439 g/mol. The summed E-state index contributed by atoms with van der Waals surface area (Å²) in [6.07, 6.45) is 1.84. The lowest BCUT2D eigenvalue weighted by Gasteiger charge is -2.23. The lowest BCUT2D eigenvalue weighted by molar-refractivity contribution is 0.409. The second-order valence-corrected chi connectivity index (χ2v) is 11.6. The van der Waals surface area contributed by atoms with E-state index in [-0.39, 0.29) is 5.25 Å². The predicted octanol–water partition coefficient (Wildman–Crippen LogP) is 4.12. The maximum Gasteiger partial charge on any atom is 0.216 e. The molecule has 1 N–H and O–H groups in total. The van der Waals surface area contributed by atoms with E-state index in [0.717, 1.165) is 42.9 Å². The normalized spacial score (nSPS) is 22.7. The van der Waals surface area contributed by atoms with Crippen LogP contribution in [0.5, 0.6) is 0 Å². The van der Waals surface area contributed by atoms with E-state index in [1.54, 1.807) is 18.2 Å². The van der Waals surface area contributed by atoms with Crippen molar-refractivity contribution < 1.29 is 8.42 Å². The Morgan fingerprint density at radius 2 is 1.65 bits per heavy atom. The number of aromatic nitrogens is 2. The van der Waals surface area contributed by atoms with E-state index < -0.39 is 10.0 Å². The molecule has 2 fully saturated rings. The van der Waals surface area contributed by atoms with Crippen molar-refractivity contribution in [3.8, 4) is 11.1 Å². The molecule has 3 aromatic rings. The second-order valence-electron chi connectivity index (χ2n) is 9.15. The van der Waals surface area contributed by atoms with E-state index in [0.29, 0.717) is 24.9 Å². The zero-order valence-corrected chi connectivity index (χ0v) is 19.0. The van der Waals surface area contributed by atoms with Gasteiger partial charge in [0.25, 0.3) is 0 Å². The van der Waals surface area contributed by atoms with Gasteiger partial charge in [-0.15, -0.1) is 0 Å². The standard InChI is InChI=1S/C24H30N4O2S/c1-17(2)31(29,30)28-12-10-20-15-27(16-21(20)11-13-28)24-25-22-9-8-19(14-23(22)26-24)18-6-4-3-5-7-18/h3-9,14,17,20-21H,10-13,15-16H2,1-2H3,(H,25,26)/t20-,21+. The lowest BCUT2D eigenvalue weighted by atomic mass is 9.92. The summed E-state index contributed by atoms with van der Waals surface area (Å²) in [7, 11) is -3.16. The fourth-order valence-electron chi connectivity index (χ4n) is 5.01. The third-order valence-electron chi connectivity index (χ3n) is 6.91. The van der Waals surface area contributed by atoms with Gasteiger partial charge in [-0.25, -0.2) is 17.7 Å². The molecule has 7 heteroatoms. The average Bonchev–Trinajstić information content (AvgIpc) is 3.32. The molecule has 0 bridgehead atoms. The second kappa shape index (κ2) is 7.95. The van der Waals surface area contributed by atoms with E-state index >= 15 is 0 Å². The molecule has 2 saturated heterocycles. The van der Waals surface area contributed by atoms with Crippen LogP contribution in [0.2, 0.25) is 0 Å². The summed E-state index contributed by atoms with van der Waals surface area (Å²) in [5, 5.41) is -0.349. The molecule has 0 aliphatic carbocycles. The molecule has 2 aliphatic heterocycles. The first-order valence-corrected chi connectivity index (χ1v) is 12.7. The largest absolute Gasteiger partial charge is 0.342 e. The van der Waals surface area contributed by atoms with Crippen LogP contribution in [0.15, 0.2) is 48.5 Å². The Labute approximate surface area is 184 Å². The van der Waals surface area contributed by atoms with Crippen molar-refractivity contribution in [1.29, 1.82) is 0 Å². The van der Waals surface area contributed by atoms with E-state index in [2.05, 4.69) is 52.3 Å². The highest BCUT2D eigenvalue weighted by Crippen LogP contribution is 2.35. The minimum absolute atomic E-state index is 0.349. The molecule has 3 heterocycles. The number of nitrogens with one attached hydrogen (secondary N) is 1. The first-order chi connectivity index (χ1) is 14.9. The van der Waals surface area contributed by atoms with Gasteiger partial charge in [0.2, 0.25) is 16.0 Å². The molecular formula is C24H30N4O2S. The molecule has 2 aromatic carbocycles. The van der Waals surface area contributed by atoms with Crippen LogP contribution in [0.4, 0.5) is 5.95 Å². The third-order valence-corrected chi connectivity index (χ3v) is 9.18. The van der Waals surface area contributed by atoms with E-state index in [1.165, 1.54) is 11.1 Å². The van der Waals surface area contributed by atoms with Gasteiger partial charge in [-0.05, 0) is 61.8 Å². The summed E-state index contributed by atoms with van der Waals surface area (Å²) in [4.78, 5) is 10.7. The van der Waals surface area contributed by atoms with Crippen molar-refractivity contribution in [1.82, 2.24) is 14.3 Å². The molecule has 0 saturated carbocycles. The van der Waals surface area contributed by atoms with Gasteiger partial charge in [-0.1, -0.05) is 36.4 Å². The number of hydrogen-bond acceptors (Lipinski definition) is 4. The molecule has 0 spiro atoms. The molecule has 6 nitrogen and oxygen atoms in total. The minimum Gasteiger partial charge on any atom is -0.342 e. The van der Waals surface area contributed by atoms with Gasteiger partial charge in [0, 0.05) is 26.2 Å². The smallest absolute Gasteiger partial charge is 0.216 e. The van der Waals surface area contributed by atoms with Crippen molar-refractivity contribution in [3.05, 3.63) is 48.5 Å².